The number of hydrogen-bond donors (Lipinski definition) is 2. The lowest BCUT2D eigenvalue weighted by molar-refractivity contribution is -0.122. The van der Waals surface area contributed by atoms with Crippen molar-refractivity contribution in [3.63, 3.8) is 0 Å². The van der Waals surface area contributed by atoms with Crippen molar-refractivity contribution in [1.82, 2.24) is 10.6 Å². The van der Waals surface area contributed by atoms with Gasteiger partial charge in [0.15, 0.2) is 0 Å². The van der Waals surface area contributed by atoms with Crippen molar-refractivity contribution in [3.05, 3.63) is 0 Å². The van der Waals surface area contributed by atoms with Gasteiger partial charge in [-0.2, -0.15) is 0 Å². The molecule has 2 N–H and O–H groups in total. The fourth-order valence-corrected chi connectivity index (χ4v) is 2.39. The Kier molecular flexibility index (Phi) is 5.81. The zero-order valence-corrected chi connectivity index (χ0v) is 10.9. The quantitative estimate of drug-likeness (QED) is 0.753. The molecule has 3 heteroatoms. The number of hydrogen-bond acceptors (Lipinski definition) is 2. The first-order valence-corrected chi connectivity index (χ1v) is 6.64. The standard InChI is InChI=1S/C13H26N2O/c1-4-14-11-5-7-12(8-6-11)15-13(16)9-10(2)3/h10-12,14H,4-9H2,1-3H3,(H,15,16). The van der Waals surface area contributed by atoms with Crippen LogP contribution in [0.4, 0.5) is 0 Å². The van der Waals surface area contributed by atoms with E-state index in [0.717, 1.165) is 19.4 Å². The van der Waals surface area contributed by atoms with Crippen LogP contribution in [0.2, 0.25) is 0 Å². The molecule has 1 amide bonds. The topological polar surface area (TPSA) is 41.1 Å². The summed E-state index contributed by atoms with van der Waals surface area (Å²) < 4.78 is 0. The maximum atomic E-state index is 11.6. The molecule has 1 aliphatic rings. The Hall–Kier alpha value is -0.570. The van der Waals surface area contributed by atoms with E-state index in [1.165, 1.54) is 12.8 Å². The molecule has 0 spiro atoms. The number of rotatable bonds is 5. The molecule has 0 aromatic carbocycles. The molecule has 0 aromatic rings. The van der Waals surface area contributed by atoms with Crippen molar-refractivity contribution < 1.29 is 4.79 Å². The highest BCUT2D eigenvalue weighted by molar-refractivity contribution is 5.76. The molecule has 0 unspecified atom stereocenters. The molecule has 0 aliphatic heterocycles. The fraction of sp³-hybridized carbons (Fsp3) is 0.923. The summed E-state index contributed by atoms with van der Waals surface area (Å²) in [6.07, 6.45) is 5.30. The Balaban J connectivity index is 2.19. The zero-order valence-electron chi connectivity index (χ0n) is 10.9. The van der Waals surface area contributed by atoms with Crippen molar-refractivity contribution in [3.8, 4) is 0 Å². The van der Waals surface area contributed by atoms with Gasteiger partial charge in [0.05, 0.1) is 0 Å². The van der Waals surface area contributed by atoms with Crippen LogP contribution in [0.1, 0.15) is 52.9 Å². The van der Waals surface area contributed by atoms with Gasteiger partial charge >= 0.3 is 0 Å². The van der Waals surface area contributed by atoms with Crippen LogP contribution in [0.15, 0.2) is 0 Å². The van der Waals surface area contributed by atoms with Gasteiger partial charge in [0.1, 0.15) is 0 Å². The van der Waals surface area contributed by atoms with E-state index in [9.17, 15) is 4.79 Å². The second-order valence-corrected chi connectivity index (χ2v) is 5.27. The smallest absolute Gasteiger partial charge is 0.220 e. The predicted octanol–water partition coefficient (Wildman–Crippen LogP) is 2.07. The third-order valence-corrected chi connectivity index (χ3v) is 3.18. The van der Waals surface area contributed by atoms with Gasteiger partial charge in [0.2, 0.25) is 5.91 Å². The van der Waals surface area contributed by atoms with Gasteiger partial charge in [0.25, 0.3) is 0 Å². The second kappa shape index (κ2) is 6.89. The van der Waals surface area contributed by atoms with E-state index >= 15 is 0 Å². The molecular formula is C13H26N2O. The van der Waals surface area contributed by atoms with Crippen LogP contribution in [0.25, 0.3) is 0 Å². The van der Waals surface area contributed by atoms with E-state index < -0.39 is 0 Å². The van der Waals surface area contributed by atoms with Gasteiger partial charge in [-0.3, -0.25) is 4.79 Å². The van der Waals surface area contributed by atoms with Crippen LogP contribution in [0, 0.1) is 5.92 Å². The average molecular weight is 226 g/mol. The fourth-order valence-electron chi connectivity index (χ4n) is 2.39. The molecule has 0 radical (unpaired) electrons. The normalized spacial score (nSPS) is 25.8. The maximum absolute atomic E-state index is 11.6. The minimum absolute atomic E-state index is 0.224. The Bertz CT molecular complexity index is 208. The first kappa shape index (κ1) is 13.5. The van der Waals surface area contributed by atoms with Gasteiger partial charge in [-0.1, -0.05) is 20.8 Å². The van der Waals surface area contributed by atoms with E-state index in [1.54, 1.807) is 0 Å². The molecule has 1 fully saturated rings. The molecule has 0 saturated heterocycles. The van der Waals surface area contributed by atoms with Crippen molar-refractivity contribution in [2.24, 2.45) is 5.92 Å². The van der Waals surface area contributed by atoms with Crippen LogP contribution in [0.3, 0.4) is 0 Å². The zero-order chi connectivity index (χ0) is 12.0. The summed E-state index contributed by atoms with van der Waals surface area (Å²) in [5.74, 6) is 0.681. The molecule has 1 saturated carbocycles. The van der Waals surface area contributed by atoms with Crippen LogP contribution in [-0.4, -0.2) is 24.5 Å². The Morgan fingerprint density at radius 2 is 1.75 bits per heavy atom. The highest BCUT2D eigenvalue weighted by atomic mass is 16.1. The molecule has 0 bridgehead atoms. The van der Waals surface area contributed by atoms with Crippen molar-refractivity contribution >= 4 is 5.91 Å². The third kappa shape index (κ3) is 4.97. The van der Waals surface area contributed by atoms with Crippen LogP contribution < -0.4 is 10.6 Å². The highest BCUT2D eigenvalue weighted by Gasteiger charge is 2.21. The summed E-state index contributed by atoms with van der Waals surface area (Å²) in [6.45, 7) is 7.37. The summed E-state index contributed by atoms with van der Waals surface area (Å²) in [7, 11) is 0. The maximum Gasteiger partial charge on any atom is 0.220 e. The molecule has 3 nitrogen and oxygen atoms in total. The summed E-state index contributed by atoms with van der Waals surface area (Å²) in [4.78, 5) is 11.6. The van der Waals surface area contributed by atoms with Gasteiger partial charge < -0.3 is 10.6 Å². The minimum Gasteiger partial charge on any atom is -0.353 e. The molecule has 16 heavy (non-hydrogen) atoms. The van der Waals surface area contributed by atoms with Crippen LogP contribution >= 0.6 is 0 Å². The molecule has 0 heterocycles. The number of carbonyl (C=O) groups excluding carboxylic acids is 1. The lowest BCUT2D eigenvalue weighted by atomic mass is 9.91. The molecule has 0 atom stereocenters. The van der Waals surface area contributed by atoms with E-state index in [1.807, 2.05) is 0 Å². The largest absolute Gasteiger partial charge is 0.353 e. The van der Waals surface area contributed by atoms with Crippen LogP contribution in [-0.2, 0) is 4.79 Å². The van der Waals surface area contributed by atoms with Crippen LogP contribution in [0.5, 0.6) is 0 Å². The lowest BCUT2D eigenvalue weighted by Crippen LogP contribution is -2.42. The Morgan fingerprint density at radius 3 is 2.25 bits per heavy atom. The van der Waals surface area contributed by atoms with Gasteiger partial charge in [0, 0.05) is 18.5 Å². The average Bonchev–Trinajstić information content (AvgIpc) is 2.20. The molecule has 1 rings (SSSR count). The number of carbonyl (C=O) groups is 1. The molecule has 1 aliphatic carbocycles. The summed E-state index contributed by atoms with van der Waals surface area (Å²) >= 11 is 0. The van der Waals surface area contributed by atoms with Crippen molar-refractivity contribution in [2.75, 3.05) is 6.54 Å². The van der Waals surface area contributed by atoms with Gasteiger partial charge in [-0.15, -0.1) is 0 Å². The Morgan fingerprint density at radius 1 is 1.19 bits per heavy atom. The highest BCUT2D eigenvalue weighted by Crippen LogP contribution is 2.18. The molecular weight excluding hydrogens is 200 g/mol. The lowest BCUT2D eigenvalue weighted by Gasteiger charge is -2.29. The first-order valence-electron chi connectivity index (χ1n) is 6.64. The minimum atomic E-state index is 0.224. The van der Waals surface area contributed by atoms with E-state index in [-0.39, 0.29) is 5.91 Å². The monoisotopic (exact) mass is 226 g/mol. The number of amides is 1. The van der Waals surface area contributed by atoms with E-state index in [2.05, 4.69) is 31.4 Å². The van der Waals surface area contributed by atoms with E-state index in [0.29, 0.717) is 24.4 Å². The second-order valence-electron chi connectivity index (χ2n) is 5.27. The van der Waals surface area contributed by atoms with Gasteiger partial charge in [-0.05, 0) is 38.1 Å². The SMILES string of the molecule is CCNC1CCC(NC(=O)CC(C)C)CC1. The van der Waals surface area contributed by atoms with Crippen molar-refractivity contribution in [2.45, 2.75) is 65.0 Å². The van der Waals surface area contributed by atoms with Crippen molar-refractivity contribution in [1.29, 1.82) is 0 Å². The predicted molar refractivity (Wildman–Crippen MR) is 67.3 cm³/mol. The number of nitrogens with one attached hydrogen (secondary N) is 2. The molecule has 0 aromatic heterocycles. The van der Waals surface area contributed by atoms with E-state index in [4.69, 9.17) is 0 Å². The third-order valence-electron chi connectivity index (χ3n) is 3.18. The Labute approximate surface area is 99.4 Å². The summed E-state index contributed by atoms with van der Waals surface area (Å²) in [5.41, 5.74) is 0. The summed E-state index contributed by atoms with van der Waals surface area (Å²) in [5, 5.41) is 6.62. The first-order chi connectivity index (χ1) is 7.61. The molecule has 94 valence electrons. The summed E-state index contributed by atoms with van der Waals surface area (Å²) in [6, 6.07) is 1.09. The van der Waals surface area contributed by atoms with Gasteiger partial charge in [-0.25, -0.2) is 0 Å².